The lowest BCUT2D eigenvalue weighted by Gasteiger charge is -2.08. The van der Waals surface area contributed by atoms with Crippen molar-refractivity contribution in [3.63, 3.8) is 0 Å². The molecule has 0 saturated heterocycles. The molecule has 100 valence electrons. The number of nitrogens with zero attached hydrogens (tertiary/aromatic N) is 2. The normalized spacial score (nSPS) is 10.4. The molecule has 5 nitrogen and oxygen atoms in total. The summed E-state index contributed by atoms with van der Waals surface area (Å²) < 4.78 is 1.80. The molecule has 0 unspecified atom stereocenters. The van der Waals surface area contributed by atoms with Crippen molar-refractivity contribution in [3.05, 3.63) is 47.3 Å². The van der Waals surface area contributed by atoms with E-state index in [1.54, 1.807) is 23.0 Å². The zero-order chi connectivity index (χ0) is 13.8. The molecule has 5 heteroatoms. The third-order valence-electron chi connectivity index (χ3n) is 3.04. The first kappa shape index (κ1) is 13.1. The van der Waals surface area contributed by atoms with Crippen LogP contribution in [0.3, 0.4) is 0 Å². The van der Waals surface area contributed by atoms with E-state index in [-0.39, 0.29) is 5.91 Å². The van der Waals surface area contributed by atoms with Crippen LogP contribution in [0.4, 0.5) is 5.69 Å². The number of benzene rings is 1. The number of hydrogen-bond acceptors (Lipinski definition) is 3. The van der Waals surface area contributed by atoms with Crippen LogP contribution in [0.1, 0.15) is 21.6 Å². The maximum Gasteiger partial charge on any atom is 0.253 e. The summed E-state index contributed by atoms with van der Waals surface area (Å²) in [5.41, 5.74) is 9.00. The van der Waals surface area contributed by atoms with Gasteiger partial charge in [0.25, 0.3) is 5.91 Å². The molecule has 0 fully saturated rings. The highest BCUT2D eigenvalue weighted by atomic mass is 16.1. The minimum absolute atomic E-state index is 0.139. The van der Waals surface area contributed by atoms with E-state index >= 15 is 0 Å². The van der Waals surface area contributed by atoms with Crippen molar-refractivity contribution in [3.8, 4) is 0 Å². The van der Waals surface area contributed by atoms with E-state index in [2.05, 4.69) is 10.4 Å². The van der Waals surface area contributed by atoms with Gasteiger partial charge < -0.3 is 11.1 Å². The largest absolute Gasteiger partial charge is 0.398 e. The summed E-state index contributed by atoms with van der Waals surface area (Å²) in [6.45, 7) is 2.51. The van der Waals surface area contributed by atoms with Gasteiger partial charge in [0.2, 0.25) is 0 Å². The van der Waals surface area contributed by atoms with Gasteiger partial charge in [0.05, 0.1) is 5.56 Å². The minimum atomic E-state index is -0.139. The third-order valence-corrected chi connectivity index (χ3v) is 3.04. The van der Waals surface area contributed by atoms with Gasteiger partial charge >= 0.3 is 0 Å². The smallest absolute Gasteiger partial charge is 0.253 e. The Bertz CT molecular complexity index is 589. The predicted octanol–water partition coefficient (Wildman–Crippen LogP) is 1.28. The van der Waals surface area contributed by atoms with Gasteiger partial charge in [-0.2, -0.15) is 5.10 Å². The molecule has 0 aliphatic heterocycles. The quantitative estimate of drug-likeness (QED) is 0.811. The highest BCUT2D eigenvalue weighted by molar-refractivity contribution is 5.99. The summed E-state index contributed by atoms with van der Waals surface area (Å²) in [4.78, 5) is 12.0. The SMILES string of the molecule is Cc1ccc(C(=O)NCCc2ccnn2C)c(N)c1. The summed E-state index contributed by atoms with van der Waals surface area (Å²) in [6.07, 6.45) is 2.49. The number of nitrogens with one attached hydrogen (secondary N) is 1. The molecule has 0 spiro atoms. The van der Waals surface area contributed by atoms with Crippen LogP contribution in [-0.2, 0) is 13.5 Å². The van der Waals surface area contributed by atoms with Gasteiger partial charge in [0.1, 0.15) is 0 Å². The predicted molar refractivity (Wildman–Crippen MR) is 74.8 cm³/mol. The monoisotopic (exact) mass is 258 g/mol. The van der Waals surface area contributed by atoms with Crippen LogP contribution in [0.5, 0.6) is 0 Å². The van der Waals surface area contributed by atoms with Crippen molar-refractivity contribution in [2.45, 2.75) is 13.3 Å². The number of aryl methyl sites for hydroxylation is 2. The first-order chi connectivity index (χ1) is 9.08. The second kappa shape index (κ2) is 5.56. The molecule has 0 saturated carbocycles. The fourth-order valence-corrected chi connectivity index (χ4v) is 1.93. The number of aromatic nitrogens is 2. The summed E-state index contributed by atoms with van der Waals surface area (Å²) in [5.74, 6) is -0.139. The Balaban J connectivity index is 1.93. The van der Waals surface area contributed by atoms with E-state index in [1.807, 2.05) is 26.1 Å². The number of amides is 1. The molecule has 2 rings (SSSR count). The molecule has 1 aromatic carbocycles. The van der Waals surface area contributed by atoms with E-state index in [4.69, 9.17) is 5.73 Å². The first-order valence-corrected chi connectivity index (χ1v) is 6.19. The highest BCUT2D eigenvalue weighted by Gasteiger charge is 2.09. The van der Waals surface area contributed by atoms with Crippen molar-refractivity contribution in [2.75, 3.05) is 12.3 Å². The van der Waals surface area contributed by atoms with Gasteiger partial charge in [-0.1, -0.05) is 6.07 Å². The fourth-order valence-electron chi connectivity index (χ4n) is 1.93. The number of carbonyl (C=O) groups excluding carboxylic acids is 1. The highest BCUT2D eigenvalue weighted by Crippen LogP contribution is 2.13. The van der Waals surface area contributed by atoms with Gasteiger partial charge in [-0.05, 0) is 30.7 Å². The molecule has 19 heavy (non-hydrogen) atoms. The number of rotatable bonds is 4. The Morgan fingerprint density at radius 3 is 2.84 bits per heavy atom. The Morgan fingerprint density at radius 2 is 2.21 bits per heavy atom. The number of hydrogen-bond donors (Lipinski definition) is 2. The number of anilines is 1. The first-order valence-electron chi connectivity index (χ1n) is 6.19. The maximum absolute atomic E-state index is 12.0. The minimum Gasteiger partial charge on any atom is -0.398 e. The Hall–Kier alpha value is -2.30. The van der Waals surface area contributed by atoms with E-state index in [0.29, 0.717) is 17.8 Å². The molecule has 0 aliphatic carbocycles. The molecule has 3 N–H and O–H groups in total. The average Bonchev–Trinajstić information content (AvgIpc) is 2.75. The Labute approximate surface area is 112 Å². The van der Waals surface area contributed by atoms with Gasteiger partial charge in [0, 0.05) is 37.6 Å². The molecule has 2 aromatic rings. The molecular formula is C14H18N4O. The third kappa shape index (κ3) is 3.13. The molecule has 0 bridgehead atoms. The second-order valence-corrected chi connectivity index (χ2v) is 4.54. The van der Waals surface area contributed by atoms with E-state index in [0.717, 1.165) is 17.7 Å². The Morgan fingerprint density at radius 1 is 1.42 bits per heavy atom. The lowest BCUT2D eigenvalue weighted by molar-refractivity contribution is 0.0955. The van der Waals surface area contributed by atoms with Crippen LogP contribution in [-0.4, -0.2) is 22.2 Å². The summed E-state index contributed by atoms with van der Waals surface area (Å²) in [6, 6.07) is 7.37. The average molecular weight is 258 g/mol. The zero-order valence-electron chi connectivity index (χ0n) is 11.2. The molecular weight excluding hydrogens is 240 g/mol. The number of nitrogen functional groups attached to an aromatic ring is 1. The molecule has 1 heterocycles. The molecule has 0 radical (unpaired) electrons. The van der Waals surface area contributed by atoms with Crippen molar-refractivity contribution in [1.82, 2.24) is 15.1 Å². The summed E-state index contributed by atoms with van der Waals surface area (Å²) in [5, 5.41) is 6.95. The fraction of sp³-hybridized carbons (Fsp3) is 0.286. The van der Waals surface area contributed by atoms with E-state index in [9.17, 15) is 4.79 Å². The van der Waals surface area contributed by atoms with Crippen molar-refractivity contribution >= 4 is 11.6 Å². The molecule has 1 aromatic heterocycles. The lowest BCUT2D eigenvalue weighted by Crippen LogP contribution is -2.27. The molecule has 0 atom stereocenters. The molecule has 0 aliphatic rings. The molecule has 1 amide bonds. The second-order valence-electron chi connectivity index (χ2n) is 4.54. The van der Waals surface area contributed by atoms with Crippen molar-refractivity contribution in [1.29, 1.82) is 0 Å². The van der Waals surface area contributed by atoms with Crippen molar-refractivity contribution in [2.24, 2.45) is 7.05 Å². The Kier molecular flexibility index (Phi) is 3.85. The zero-order valence-corrected chi connectivity index (χ0v) is 11.2. The van der Waals surface area contributed by atoms with Crippen LogP contribution in [0.25, 0.3) is 0 Å². The number of carbonyl (C=O) groups is 1. The van der Waals surface area contributed by atoms with Gasteiger partial charge in [-0.15, -0.1) is 0 Å². The van der Waals surface area contributed by atoms with Crippen LogP contribution in [0, 0.1) is 6.92 Å². The standard InChI is InChI=1S/C14H18N4O/c1-10-3-4-12(13(15)9-10)14(19)16-7-5-11-6-8-17-18(11)2/h3-4,6,8-9H,5,7,15H2,1-2H3,(H,16,19). The van der Waals surface area contributed by atoms with Crippen LogP contribution in [0.15, 0.2) is 30.5 Å². The van der Waals surface area contributed by atoms with Gasteiger partial charge in [-0.3, -0.25) is 9.48 Å². The van der Waals surface area contributed by atoms with Crippen LogP contribution < -0.4 is 11.1 Å². The van der Waals surface area contributed by atoms with Crippen molar-refractivity contribution < 1.29 is 4.79 Å². The van der Waals surface area contributed by atoms with Gasteiger partial charge in [0.15, 0.2) is 0 Å². The number of nitrogens with two attached hydrogens (primary N) is 1. The van der Waals surface area contributed by atoms with Crippen LogP contribution in [0.2, 0.25) is 0 Å². The van der Waals surface area contributed by atoms with E-state index < -0.39 is 0 Å². The summed E-state index contributed by atoms with van der Waals surface area (Å²) in [7, 11) is 1.88. The van der Waals surface area contributed by atoms with Crippen LogP contribution >= 0.6 is 0 Å². The van der Waals surface area contributed by atoms with Gasteiger partial charge in [-0.25, -0.2) is 0 Å². The summed E-state index contributed by atoms with van der Waals surface area (Å²) >= 11 is 0. The lowest BCUT2D eigenvalue weighted by atomic mass is 10.1. The maximum atomic E-state index is 12.0. The van der Waals surface area contributed by atoms with E-state index in [1.165, 1.54) is 0 Å². The topological polar surface area (TPSA) is 72.9 Å².